The van der Waals surface area contributed by atoms with Crippen LogP contribution >= 0.6 is 11.8 Å². The molecule has 14 heavy (non-hydrogen) atoms. The number of nitrogens with one attached hydrogen (secondary N) is 1. The van der Waals surface area contributed by atoms with Gasteiger partial charge in [0.1, 0.15) is 5.82 Å². The molecule has 0 fully saturated rings. The van der Waals surface area contributed by atoms with E-state index in [0.717, 1.165) is 5.82 Å². The van der Waals surface area contributed by atoms with Gasteiger partial charge in [0, 0.05) is 0 Å². The number of hydrogen-bond donors (Lipinski definition) is 1. The van der Waals surface area contributed by atoms with E-state index in [2.05, 4.69) is 15.2 Å². The van der Waals surface area contributed by atoms with Crippen LogP contribution < -0.4 is 0 Å². The number of rotatable bonds is 3. The van der Waals surface area contributed by atoms with Crippen molar-refractivity contribution in [3.63, 3.8) is 0 Å². The summed E-state index contributed by atoms with van der Waals surface area (Å²) in [6, 6.07) is 3.31. The Morgan fingerprint density at radius 1 is 1.57 bits per heavy atom. The minimum absolute atomic E-state index is 0.305. The summed E-state index contributed by atoms with van der Waals surface area (Å²) >= 11 is 1.27. The molecule has 0 aliphatic heterocycles. The number of carbonyl (C=O) groups excluding carboxylic acids is 1. The first-order chi connectivity index (χ1) is 6.78. The van der Waals surface area contributed by atoms with E-state index in [1.54, 1.807) is 12.1 Å². The summed E-state index contributed by atoms with van der Waals surface area (Å²) < 4.78 is 5.15. The Labute approximate surface area is 83.9 Å². The van der Waals surface area contributed by atoms with Crippen molar-refractivity contribution in [3.05, 3.63) is 23.7 Å². The number of hydrogen-bond acceptors (Lipinski definition) is 5. The molecule has 0 saturated heterocycles. The number of H-pyrrole nitrogens is 1. The minimum atomic E-state index is 0.305. The molecule has 2 heterocycles. The fraction of sp³-hybridized carbons (Fsp3) is 0.125. The van der Waals surface area contributed by atoms with Gasteiger partial charge in [-0.1, -0.05) is 0 Å². The number of furan rings is 1. The maximum atomic E-state index is 10.3. The molecule has 0 bridgehead atoms. The Bertz CT molecular complexity index is 449. The number of aryl methyl sites for hydroxylation is 1. The molecule has 5 nitrogen and oxygen atoms in total. The third kappa shape index (κ3) is 1.85. The third-order valence-corrected chi connectivity index (χ3v) is 2.27. The number of aromatic amines is 1. The Morgan fingerprint density at radius 3 is 3.00 bits per heavy atom. The highest BCUT2D eigenvalue weighted by Crippen LogP contribution is 2.25. The lowest BCUT2D eigenvalue weighted by Gasteiger charge is -1.88. The molecule has 0 aliphatic rings. The smallest absolute Gasteiger partial charge is 0.216 e. The van der Waals surface area contributed by atoms with Crippen molar-refractivity contribution in [2.75, 3.05) is 0 Å². The van der Waals surface area contributed by atoms with Gasteiger partial charge in [-0.3, -0.25) is 9.89 Å². The number of carbonyl (C=O) groups is 1. The normalized spacial score (nSPS) is 10.4. The van der Waals surface area contributed by atoms with E-state index in [4.69, 9.17) is 4.42 Å². The first kappa shape index (κ1) is 9.01. The van der Waals surface area contributed by atoms with Gasteiger partial charge in [0.2, 0.25) is 5.16 Å². The standard InChI is InChI=1S/C8H7N3O2S/c1-5-9-8(11-10-5)14-7-3-2-6(4-12)13-7/h2-4H,1H3,(H,9,10,11). The summed E-state index contributed by atoms with van der Waals surface area (Å²) in [5.74, 6) is 1.05. The van der Waals surface area contributed by atoms with Crippen molar-refractivity contribution < 1.29 is 9.21 Å². The zero-order chi connectivity index (χ0) is 9.97. The topological polar surface area (TPSA) is 71.8 Å². The summed E-state index contributed by atoms with van der Waals surface area (Å²) in [6.45, 7) is 1.82. The van der Waals surface area contributed by atoms with E-state index in [1.165, 1.54) is 11.8 Å². The maximum absolute atomic E-state index is 10.3. The van der Waals surface area contributed by atoms with Crippen molar-refractivity contribution in [2.24, 2.45) is 0 Å². The van der Waals surface area contributed by atoms with E-state index >= 15 is 0 Å². The molecule has 0 spiro atoms. The van der Waals surface area contributed by atoms with Gasteiger partial charge >= 0.3 is 0 Å². The van der Waals surface area contributed by atoms with E-state index in [1.807, 2.05) is 6.92 Å². The molecule has 0 radical (unpaired) electrons. The first-order valence-electron chi connectivity index (χ1n) is 3.90. The van der Waals surface area contributed by atoms with Crippen LogP contribution in [0, 0.1) is 6.92 Å². The van der Waals surface area contributed by atoms with Crippen LogP contribution in [0.25, 0.3) is 0 Å². The van der Waals surface area contributed by atoms with Gasteiger partial charge in [0.25, 0.3) is 0 Å². The number of aldehydes is 1. The van der Waals surface area contributed by atoms with Gasteiger partial charge < -0.3 is 4.42 Å². The minimum Gasteiger partial charge on any atom is -0.447 e. The summed E-state index contributed by atoms with van der Waals surface area (Å²) in [7, 11) is 0. The van der Waals surface area contributed by atoms with Crippen molar-refractivity contribution >= 4 is 18.0 Å². The van der Waals surface area contributed by atoms with Crippen molar-refractivity contribution in [1.29, 1.82) is 0 Å². The van der Waals surface area contributed by atoms with E-state index in [9.17, 15) is 4.79 Å². The van der Waals surface area contributed by atoms with Crippen molar-refractivity contribution in [2.45, 2.75) is 17.2 Å². The summed E-state index contributed by atoms with van der Waals surface area (Å²) in [5.41, 5.74) is 0. The molecule has 6 heteroatoms. The fourth-order valence-corrected chi connectivity index (χ4v) is 1.64. The monoisotopic (exact) mass is 209 g/mol. The Morgan fingerprint density at radius 2 is 2.43 bits per heavy atom. The molecule has 0 amide bonds. The quantitative estimate of drug-likeness (QED) is 0.778. The second kappa shape index (κ2) is 3.67. The molecule has 0 aliphatic carbocycles. The SMILES string of the molecule is Cc1nc(Sc2ccc(C=O)o2)n[nH]1. The average Bonchev–Trinajstić information content (AvgIpc) is 2.76. The lowest BCUT2D eigenvalue weighted by Crippen LogP contribution is -1.73. The molecule has 1 N–H and O–H groups in total. The molecule has 72 valence electrons. The Hall–Kier alpha value is -1.56. The molecular formula is C8H7N3O2S. The molecular weight excluding hydrogens is 202 g/mol. The second-order valence-corrected chi connectivity index (χ2v) is 3.55. The van der Waals surface area contributed by atoms with Crippen LogP contribution in [0.3, 0.4) is 0 Å². The highest BCUT2D eigenvalue weighted by Gasteiger charge is 2.06. The summed E-state index contributed by atoms with van der Waals surface area (Å²) in [4.78, 5) is 14.4. The second-order valence-electron chi connectivity index (χ2n) is 2.58. The lowest BCUT2D eigenvalue weighted by molar-refractivity contribution is 0.109. The fourth-order valence-electron chi connectivity index (χ4n) is 0.910. The zero-order valence-corrected chi connectivity index (χ0v) is 8.17. The van der Waals surface area contributed by atoms with Crippen LogP contribution in [0.1, 0.15) is 16.4 Å². The molecule has 2 aromatic rings. The average molecular weight is 209 g/mol. The molecule has 2 aromatic heterocycles. The van der Waals surface area contributed by atoms with Gasteiger partial charge in [-0.25, -0.2) is 4.98 Å². The van der Waals surface area contributed by atoms with Gasteiger partial charge in [0.05, 0.1) is 0 Å². The van der Waals surface area contributed by atoms with Crippen molar-refractivity contribution in [3.8, 4) is 0 Å². The van der Waals surface area contributed by atoms with E-state index < -0.39 is 0 Å². The Kier molecular flexibility index (Phi) is 2.36. The van der Waals surface area contributed by atoms with Crippen LogP contribution in [-0.2, 0) is 0 Å². The molecule has 0 aromatic carbocycles. The molecule has 0 unspecified atom stereocenters. The molecule has 0 saturated carbocycles. The van der Waals surface area contributed by atoms with Crippen LogP contribution in [0.2, 0.25) is 0 Å². The summed E-state index contributed by atoms with van der Waals surface area (Å²) in [5, 5.41) is 7.82. The Balaban J connectivity index is 2.14. The number of aromatic nitrogens is 3. The molecule has 2 rings (SSSR count). The highest BCUT2D eigenvalue weighted by molar-refractivity contribution is 7.99. The third-order valence-electron chi connectivity index (χ3n) is 1.49. The van der Waals surface area contributed by atoms with Gasteiger partial charge in [-0.15, -0.1) is 5.10 Å². The number of nitrogens with zero attached hydrogens (tertiary/aromatic N) is 2. The predicted octanol–water partition coefficient (Wildman–Crippen LogP) is 1.67. The van der Waals surface area contributed by atoms with Crippen LogP contribution in [-0.4, -0.2) is 21.5 Å². The van der Waals surface area contributed by atoms with Crippen LogP contribution in [0.4, 0.5) is 0 Å². The summed E-state index contributed by atoms with van der Waals surface area (Å²) in [6.07, 6.45) is 0.660. The van der Waals surface area contributed by atoms with E-state index in [-0.39, 0.29) is 0 Å². The maximum Gasteiger partial charge on any atom is 0.216 e. The highest BCUT2D eigenvalue weighted by atomic mass is 32.2. The predicted molar refractivity (Wildman–Crippen MR) is 49.3 cm³/mol. The largest absolute Gasteiger partial charge is 0.447 e. The zero-order valence-electron chi connectivity index (χ0n) is 7.35. The first-order valence-corrected chi connectivity index (χ1v) is 4.71. The van der Waals surface area contributed by atoms with E-state index in [0.29, 0.717) is 22.3 Å². The van der Waals surface area contributed by atoms with Crippen molar-refractivity contribution in [1.82, 2.24) is 15.2 Å². The van der Waals surface area contributed by atoms with Gasteiger partial charge in [0.15, 0.2) is 17.1 Å². The van der Waals surface area contributed by atoms with Gasteiger partial charge in [-0.05, 0) is 30.8 Å². The van der Waals surface area contributed by atoms with Gasteiger partial charge in [-0.2, -0.15) is 0 Å². The van der Waals surface area contributed by atoms with Crippen LogP contribution in [0.5, 0.6) is 0 Å². The lowest BCUT2D eigenvalue weighted by atomic mass is 10.5. The van der Waals surface area contributed by atoms with Crippen LogP contribution in [0.15, 0.2) is 26.8 Å². The molecule has 0 atom stereocenters.